The van der Waals surface area contributed by atoms with Crippen LogP contribution in [0.4, 0.5) is 5.95 Å². The molecule has 3 heterocycles. The van der Waals surface area contributed by atoms with Crippen LogP contribution < -0.4 is 4.90 Å². The van der Waals surface area contributed by atoms with Gasteiger partial charge in [-0.15, -0.1) is 0 Å². The maximum Gasteiger partial charge on any atom is 0.225 e. The number of anilines is 1. The molecule has 20 heavy (non-hydrogen) atoms. The molecule has 1 aliphatic rings. The molecule has 0 radical (unpaired) electrons. The third-order valence-electron chi connectivity index (χ3n) is 3.43. The van der Waals surface area contributed by atoms with Gasteiger partial charge in [-0.2, -0.15) is 11.3 Å². The van der Waals surface area contributed by atoms with E-state index in [1.54, 1.807) is 11.3 Å². The smallest absolute Gasteiger partial charge is 0.225 e. The molecular formula is C15H19N3OS. The van der Waals surface area contributed by atoms with Gasteiger partial charge in [0.05, 0.1) is 12.6 Å². The van der Waals surface area contributed by atoms with E-state index in [1.807, 2.05) is 19.9 Å². The molecule has 0 saturated carbocycles. The van der Waals surface area contributed by atoms with Gasteiger partial charge in [-0.05, 0) is 49.2 Å². The van der Waals surface area contributed by atoms with Gasteiger partial charge in [0.25, 0.3) is 0 Å². The molecule has 0 aliphatic carbocycles. The predicted octanol–water partition coefficient (Wildman–Crippen LogP) is 3.12. The molecule has 1 aliphatic heterocycles. The van der Waals surface area contributed by atoms with Gasteiger partial charge in [-0.3, -0.25) is 0 Å². The second kappa shape index (κ2) is 5.50. The van der Waals surface area contributed by atoms with Crippen molar-refractivity contribution in [2.75, 3.05) is 18.0 Å². The molecule has 0 spiro atoms. The van der Waals surface area contributed by atoms with Crippen LogP contribution in [0, 0.1) is 13.8 Å². The molecule has 0 N–H and O–H groups in total. The Labute approximate surface area is 123 Å². The maximum atomic E-state index is 6.05. The van der Waals surface area contributed by atoms with Gasteiger partial charge in [0.2, 0.25) is 5.95 Å². The number of thiophene rings is 1. The average molecular weight is 289 g/mol. The van der Waals surface area contributed by atoms with E-state index in [0.29, 0.717) is 0 Å². The van der Waals surface area contributed by atoms with Crippen LogP contribution in [0.25, 0.3) is 0 Å². The number of rotatable bonds is 2. The van der Waals surface area contributed by atoms with Crippen molar-refractivity contribution >= 4 is 17.3 Å². The second-order valence-electron chi connectivity index (χ2n) is 5.35. The molecule has 2 unspecified atom stereocenters. The van der Waals surface area contributed by atoms with Crippen molar-refractivity contribution in [2.45, 2.75) is 33.0 Å². The lowest BCUT2D eigenvalue weighted by molar-refractivity contribution is -0.0176. The lowest BCUT2D eigenvalue weighted by atomic mass is 10.1. The number of hydrogen-bond acceptors (Lipinski definition) is 5. The first kappa shape index (κ1) is 13.5. The lowest BCUT2D eigenvalue weighted by Gasteiger charge is -2.36. The summed E-state index contributed by atoms with van der Waals surface area (Å²) < 4.78 is 6.05. The zero-order chi connectivity index (χ0) is 14.1. The third kappa shape index (κ3) is 2.83. The highest BCUT2D eigenvalue weighted by Crippen LogP contribution is 2.28. The van der Waals surface area contributed by atoms with Crippen LogP contribution in [0.3, 0.4) is 0 Å². The molecule has 2 aromatic rings. The van der Waals surface area contributed by atoms with Crippen molar-refractivity contribution in [2.24, 2.45) is 0 Å². The fraction of sp³-hybridized carbons (Fsp3) is 0.467. The number of hydrogen-bond donors (Lipinski definition) is 0. The van der Waals surface area contributed by atoms with Crippen molar-refractivity contribution in [1.82, 2.24) is 9.97 Å². The molecule has 0 amide bonds. The van der Waals surface area contributed by atoms with Crippen LogP contribution in [0.2, 0.25) is 0 Å². The van der Waals surface area contributed by atoms with Crippen LogP contribution in [-0.2, 0) is 4.74 Å². The van der Waals surface area contributed by atoms with E-state index < -0.39 is 0 Å². The Hall–Kier alpha value is -1.46. The lowest BCUT2D eigenvalue weighted by Crippen LogP contribution is -2.43. The zero-order valence-corrected chi connectivity index (χ0v) is 12.9. The highest BCUT2D eigenvalue weighted by atomic mass is 32.1. The highest BCUT2D eigenvalue weighted by Gasteiger charge is 2.28. The predicted molar refractivity (Wildman–Crippen MR) is 81.3 cm³/mol. The van der Waals surface area contributed by atoms with Crippen LogP contribution in [0.1, 0.15) is 30.0 Å². The fourth-order valence-electron chi connectivity index (χ4n) is 2.61. The number of aromatic nitrogens is 2. The molecule has 2 atom stereocenters. The monoisotopic (exact) mass is 289 g/mol. The zero-order valence-electron chi connectivity index (χ0n) is 12.0. The van der Waals surface area contributed by atoms with E-state index in [0.717, 1.165) is 30.4 Å². The van der Waals surface area contributed by atoms with Gasteiger partial charge in [0.15, 0.2) is 0 Å². The van der Waals surface area contributed by atoms with Gasteiger partial charge in [-0.25, -0.2) is 9.97 Å². The van der Waals surface area contributed by atoms with Crippen molar-refractivity contribution in [3.63, 3.8) is 0 Å². The van der Waals surface area contributed by atoms with E-state index in [4.69, 9.17) is 4.74 Å². The Morgan fingerprint density at radius 3 is 2.65 bits per heavy atom. The quantitative estimate of drug-likeness (QED) is 0.851. The summed E-state index contributed by atoms with van der Waals surface area (Å²) in [5, 5.41) is 4.25. The van der Waals surface area contributed by atoms with E-state index in [9.17, 15) is 0 Å². The number of aryl methyl sites for hydroxylation is 2. The van der Waals surface area contributed by atoms with Crippen molar-refractivity contribution in [1.29, 1.82) is 0 Å². The summed E-state index contributed by atoms with van der Waals surface area (Å²) in [6.07, 6.45) is 0.285. The summed E-state index contributed by atoms with van der Waals surface area (Å²) in [6, 6.07) is 4.14. The van der Waals surface area contributed by atoms with E-state index in [2.05, 4.69) is 38.6 Å². The van der Waals surface area contributed by atoms with E-state index in [-0.39, 0.29) is 12.2 Å². The Bertz CT molecular complexity index is 565. The molecule has 0 bridgehead atoms. The van der Waals surface area contributed by atoms with Crippen molar-refractivity contribution in [3.05, 3.63) is 39.8 Å². The Morgan fingerprint density at radius 2 is 2.00 bits per heavy atom. The summed E-state index contributed by atoms with van der Waals surface area (Å²) >= 11 is 1.71. The molecule has 3 rings (SSSR count). The number of morpholine rings is 1. The van der Waals surface area contributed by atoms with Crippen molar-refractivity contribution in [3.8, 4) is 0 Å². The van der Waals surface area contributed by atoms with Crippen LogP contribution in [0.15, 0.2) is 22.9 Å². The Kier molecular flexibility index (Phi) is 3.72. The SMILES string of the molecule is Cc1cc(C)nc(N2CC(C)OC(c3ccsc3)C2)n1. The van der Waals surface area contributed by atoms with Crippen LogP contribution in [-0.4, -0.2) is 29.2 Å². The second-order valence-corrected chi connectivity index (χ2v) is 6.13. The molecule has 1 fully saturated rings. The van der Waals surface area contributed by atoms with Gasteiger partial charge in [-0.1, -0.05) is 0 Å². The van der Waals surface area contributed by atoms with Gasteiger partial charge in [0.1, 0.15) is 6.10 Å². The van der Waals surface area contributed by atoms with Crippen LogP contribution in [0.5, 0.6) is 0 Å². The molecule has 106 valence electrons. The van der Waals surface area contributed by atoms with Gasteiger partial charge in [0, 0.05) is 17.9 Å². The molecule has 0 aromatic carbocycles. The first-order chi connectivity index (χ1) is 9.61. The summed E-state index contributed by atoms with van der Waals surface area (Å²) in [5.74, 6) is 0.817. The number of nitrogens with zero attached hydrogens (tertiary/aromatic N) is 3. The summed E-state index contributed by atoms with van der Waals surface area (Å²) in [7, 11) is 0. The molecule has 5 heteroatoms. The number of ether oxygens (including phenoxy) is 1. The Morgan fingerprint density at radius 1 is 1.25 bits per heavy atom. The Balaban J connectivity index is 1.85. The molecule has 1 saturated heterocycles. The minimum absolute atomic E-state index is 0.106. The molecular weight excluding hydrogens is 270 g/mol. The van der Waals surface area contributed by atoms with Gasteiger partial charge < -0.3 is 9.64 Å². The highest BCUT2D eigenvalue weighted by molar-refractivity contribution is 7.07. The topological polar surface area (TPSA) is 38.2 Å². The third-order valence-corrected chi connectivity index (χ3v) is 4.13. The largest absolute Gasteiger partial charge is 0.367 e. The van der Waals surface area contributed by atoms with Gasteiger partial charge >= 0.3 is 0 Å². The average Bonchev–Trinajstić information content (AvgIpc) is 2.90. The standard InChI is InChI=1S/C15H19N3OS/c1-10-6-11(2)17-15(16-10)18-7-12(3)19-14(8-18)13-4-5-20-9-13/h4-6,9,12,14H,7-8H2,1-3H3. The van der Waals surface area contributed by atoms with Crippen molar-refractivity contribution < 1.29 is 4.74 Å². The first-order valence-corrected chi connectivity index (χ1v) is 7.81. The minimum atomic E-state index is 0.106. The molecule has 4 nitrogen and oxygen atoms in total. The normalized spacial score (nSPS) is 23.1. The molecule has 2 aromatic heterocycles. The first-order valence-electron chi connectivity index (χ1n) is 6.86. The summed E-state index contributed by atoms with van der Waals surface area (Å²) in [5.41, 5.74) is 3.27. The van der Waals surface area contributed by atoms with Crippen LogP contribution >= 0.6 is 11.3 Å². The van der Waals surface area contributed by atoms with E-state index in [1.165, 1.54) is 5.56 Å². The maximum absolute atomic E-state index is 6.05. The summed E-state index contributed by atoms with van der Waals surface area (Å²) in [4.78, 5) is 11.4. The summed E-state index contributed by atoms with van der Waals surface area (Å²) in [6.45, 7) is 7.78. The van der Waals surface area contributed by atoms with E-state index >= 15 is 0 Å². The fourth-order valence-corrected chi connectivity index (χ4v) is 3.31. The minimum Gasteiger partial charge on any atom is -0.367 e.